The van der Waals surface area contributed by atoms with Gasteiger partial charge in [-0.25, -0.2) is 4.98 Å². The third-order valence-corrected chi connectivity index (χ3v) is 5.28. The maximum absolute atomic E-state index is 6.16. The Hall–Kier alpha value is -0.230. The number of thiazole rings is 1. The summed E-state index contributed by atoms with van der Waals surface area (Å²) >= 11 is 6.89. The summed E-state index contributed by atoms with van der Waals surface area (Å²) in [6, 6.07) is 4.17. The molecule has 2 heterocycles. The van der Waals surface area contributed by atoms with Crippen LogP contribution in [0.4, 0.5) is 0 Å². The standard InChI is InChI=1S/C11H13BrN2S2/c1-6-7(2)15-11(14-6)5-8(13)9-3-4-10(12)16-9/h3-4,8H,5,13H2,1-2H3. The molecule has 0 aliphatic carbocycles. The van der Waals surface area contributed by atoms with Crippen molar-refractivity contribution in [2.45, 2.75) is 26.3 Å². The summed E-state index contributed by atoms with van der Waals surface area (Å²) in [5.41, 5.74) is 7.28. The molecule has 0 aliphatic rings. The average Bonchev–Trinajstić information content (AvgIpc) is 2.75. The molecule has 0 saturated carbocycles. The smallest absolute Gasteiger partial charge is 0.0950 e. The van der Waals surface area contributed by atoms with Crippen LogP contribution in [0.15, 0.2) is 15.9 Å². The summed E-state index contributed by atoms with van der Waals surface area (Å²) in [5, 5.41) is 1.13. The van der Waals surface area contributed by atoms with E-state index in [1.165, 1.54) is 9.75 Å². The van der Waals surface area contributed by atoms with Crippen LogP contribution in [-0.2, 0) is 6.42 Å². The fourth-order valence-electron chi connectivity index (χ4n) is 1.44. The summed E-state index contributed by atoms with van der Waals surface area (Å²) < 4.78 is 1.13. The third kappa shape index (κ3) is 2.71. The predicted molar refractivity (Wildman–Crippen MR) is 74.2 cm³/mol. The molecule has 0 saturated heterocycles. The highest BCUT2D eigenvalue weighted by atomic mass is 79.9. The largest absolute Gasteiger partial charge is 0.323 e. The molecule has 0 radical (unpaired) electrons. The van der Waals surface area contributed by atoms with Crippen LogP contribution in [0.2, 0.25) is 0 Å². The highest BCUT2D eigenvalue weighted by Crippen LogP contribution is 2.29. The summed E-state index contributed by atoms with van der Waals surface area (Å²) in [5.74, 6) is 0. The van der Waals surface area contributed by atoms with Crippen molar-refractivity contribution in [3.05, 3.63) is 36.4 Å². The van der Waals surface area contributed by atoms with Gasteiger partial charge in [-0.3, -0.25) is 0 Å². The van der Waals surface area contributed by atoms with Gasteiger partial charge < -0.3 is 5.73 Å². The SMILES string of the molecule is Cc1nc(CC(N)c2ccc(Br)s2)sc1C. The first-order valence-corrected chi connectivity index (χ1v) is 7.42. The molecule has 1 atom stereocenters. The van der Waals surface area contributed by atoms with Crippen LogP contribution in [0, 0.1) is 13.8 Å². The zero-order valence-corrected chi connectivity index (χ0v) is 12.4. The molecule has 2 aromatic rings. The Kier molecular flexibility index (Phi) is 3.79. The lowest BCUT2D eigenvalue weighted by atomic mass is 10.2. The van der Waals surface area contributed by atoms with E-state index in [2.05, 4.69) is 33.9 Å². The summed E-state index contributed by atoms with van der Waals surface area (Å²) in [4.78, 5) is 7.01. The summed E-state index contributed by atoms with van der Waals surface area (Å²) in [6.45, 7) is 4.15. The van der Waals surface area contributed by atoms with Gasteiger partial charge in [0.15, 0.2) is 0 Å². The fourth-order valence-corrected chi connectivity index (χ4v) is 3.86. The van der Waals surface area contributed by atoms with Crippen LogP contribution in [0.5, 0.6) is 0 Å². The number of aryl methyl sites for hydroxylation is 2. The first-order valence-electron chi connectivity index (χ1n) is 5.00. The topological polar surface area (TPSA) is 38.9 Å². The van der Waals surface area contributed by atoms with Crippen molar-refractivity contribution >= 4 is 38.6 Å². The van der Waals surface area contributed by atoms with Crippen molar-refractivity contribution < 1.29 is 0 Å². The molecule has 0 bridgehead atoms. The van der Waals surface area contributed by atoms with Crippen LogP contribution >= 0.6 is 38.6 Å². The monoisotopic (exact) mass is 316 g/mol. The van der Waals surface area contributed by atoms with Gasteiger partial charge in [-0.2, -0.15) is 0 Å². The molecule has 2 rings (SSSR count). The quantitative estimate of drug-likeness (QED) is 0.934. The number of rotatable bonds is 3. The first-order chi connectivity index (χ1) is 7.56. The Balaban J connectivity index is 2.10. The molecular weight excluding hydrogens is 304 g/mol. The highest BCUT2D eigenvalue weighted by Gasteiger charge is 2.12. The predicted octanol–water partition coefficient (Wildman–Crippen LogP) is 3.83. The van der Waals surface area contributed by atoms with Gasteiger partial charge in [0.25, 0.3) is 0 Å². The second-order valence-corrected chi connectivity index (χ2v) is 7.48. The van der Waals surface area contributed by atoms with Crippen molar-refractivity contribution in [3.8, 4) is 0 Å². The Labute approximate surface area is 112 Å². The van der Waals surface area contributed by atoms with Crippen molar-refractivity contribution in [1.29, 1.82) is 0 Å². The van der Waals surface area contributed by atoms with Crippen LogP contribution in [0.1, 0.15) is 26.5 Å². The fraction of sp³-hybridized carbons (Fsp3) is 0.364. The van der Waals surface area contributed by atoms with E-state index in [4.69, 9.17) is 5.73 Å². The summed E-state index contributed by atoms with van der Waals surface area (Å²) in [7, 11) is 0. The van der Waals surface area contributed by atoms with E-state index in [1.54, 1.807) is 22.7 Å². The van der Waals surface area contributed by atoms with E-state index < -0.39 is 0 Å². The van der Waals surface area contributed by atoms with Crippen LogP contribution < -0.4 is 5.73 Å². The molecule has 0 spiro atoms. The third-order valence-electron chi connectivity index (χ3n) is 2.43. The number of hydrogen-bond acceptors (Lipinski definition) is 4. The van der Waals surface area contributed by atoms with E-state index in [1.807, 2.05) is 13.0 Å². The maximum Gasteiger partial charge on any atom is 0.0950 e. The molecule has 5 heteroatoms. The number of thiophene rings is 1. The lowest BCUT2D eigenvalue weighted by Gasteiger charge is -2.06. The Morgan fingerprint density at radius 1 is 1.38 bits per heavy atom. The molecule has 2 aromatic heterocycles. The van der Waals surface area contributed by atoms with Crippen LogP contribution in [0.25, 0.3) is 0 Å². The number of nitrogens with two attached hydrogens (primary N) is 1. The number of aromatic nitrogens is 1. The molecule has 0 aliphatic heterocycles. The van der Waals surface area contributed by atoms with Crippen LogP contribution in [0.3, 0.4) is 0 Å². The van der Waals surface area contributed by atoms with Gasteiger partial charge in [0.05, 0.1) is 14.5 Å². The second kappa shape index (κ2) is 4.96. The maximum atomic E-state index is 6.16. The molecular formula is C11H13BrN2S2. The van der Waals surface area contributed by atoms with Crippen molar-refractivity contribution in [1.82, 2.24) is 4.98 Å². The van der Waals surface area contributed by atoms with E-state index in [-0.39, 0.29) is 6.04 Å². The van der Waals surface area contributed by atoms with E-state index >= 15 is 0 Å². The van der Waals surface area contributed by atoms with Gasteiger partial charge in [0.2, 0.25) is 0 Å². The molecule has 1 unspecified atom stereocenters. The van der Waals surface area contributed by atoms with E-state index in [0.717, 1.165) is 20.9 Å². The molecule has 0 amide bonds. The summed E-state index contributed by atoms with van der Waals surface area (Å²) in [6.07, 6.45) is 0.826. The van der Waals surface area contributed by atoms with Gasteiger partial charge >= 0.3 is 0 Å². The van der Waals surface area contributed by atoms with Gasteiger partial charge in [-0.15, -0.1) is 22.7 Å². The molecule has 16 heavy (non-hydrogen) atoms. The zero-order valence-electron chi connectivity index (χ0n) is 9.16. The molecule has 0 fully saturated rings. The van der Waals surface area contributed by atoms with Crippen LogP contribution in [-0.4, -0.2) is 4.98 Å². The molecule has 2 nitrogen and oxygen atoms in total. The minimum absolute atomic E-state index is 0.0567. The second-order valence-electron chi connectivity index (χ2n) is 3.70. The van der Waals surface area contributed by atoms with Gasteiger partial charge in [0.1, 0.15) is 0 Å². The van der Waals surface area contributed by atoms with Gasteiger partial charge in [0, 0.05) is 22.2 Å². The molecule has 86 valence electrons. The van der Waals surface area contributed by atoms with Crippen molar-refractivity contribution in [2.75, 3.05) is 0 Å². The van der Waals surface area contributed by atoms with E-state index in [9.17, 15) is 0 Å². The lowest BCUT2D eigenvalue weighted by Crippen LogP contribution is -2.11. The van der Waals surface area contributed by atoms with Crippen molar-refractivity contribution in [3.63, 3.8) is 0 Å². The Morgan fingerprint density at radius 3 is 2.62 bits per heavy atom. The molecule has 0 aromatic carbocycles. The number of hydrogen-bond donors (Lipinski definition) is 1. The first kappa shape index (κ1) is 12.2. The average molecular weight is 317 g/mol. The zero-order chi connectivity index (χ0) is 11.7. The Morgan fingerprint density at radius 2 is 2.12 bits per heavy atom. The number of halogens is 1. The van der Waals surface area contributed by atoms with Gasteiger partial charge in [-0.1, -0.05) is 0 Å². The lowest BCUT2D eigenvalue weighted by molar-refractivity contribution is 0.731. The van der Waals surface area contributed by atoms with Crippen molar-refractivity contribution in [2.24, 2.45) is 5.73 Å². The van der Waals surface area contributed by atoms with E-state index in [0.29, 0.717) is 0 Å². The number of nitrogens with zero attached hydrogens (tertiary/aromatic N) is 1. The molecule has 2 N–H and O–H groups in total. The minimum Gasteiger partial charge on any atom is -0.323 e. The normalized spacial score (nSPS) is 13.0. The highest BCUT2D eigenvalue weighted by molar-refractivity contribution is 9.11. The Bertz CT molecular complexity index is 470. The minimum atomic E-state index is 0.0567. The van der Waals surface area contributed by atoms with Gasteiger partial charge in [-0.05, 0) is 41.9 Å².